The Kier molecular flexibility index (Phi) is 5.73. The van der Waals surface area contributed by atoms with Crippen molar-refractivity contribution in [3.05, 3.63) is 71.8 Å². The van der Waals surface area contributed by atoms with E-state index in [9.17, 15) is 4.79 Å². The molecule has 0 bridgehead atoms. The number of carbonyl (C=O) groups is 1. The van der Waals surface area contributed by atoms with Gasteiger partial charge in [0.25, 0.3) is 0 Å². The van der Waals surface area contributed by atoms with Crippen LogP contribution in [0.5, 0.6) is 0 Å². The largest absolute Gasteiger partial charge is 0.353 e. The van der Waals surface area contributed by atoms with E-state index in [2.05, 4.69) is 34.9 Å². The first kappa shape index (κ1) is 16.2. The fourth-order valence-electron chi connectivity index (χ4n) is 2.41. The van der Waals surface area contributed by atoms with Crippen molar-refractivity contribution in [3.63, 3.8) is 0 Å². The van der Waals surface area contributed by atoms with Gasteiger partial charge in [0.05, 0.1) is 12.1 Å². The third-order valence-electron chi connectivity index (χ3n) is 3.51. The van der Waals surface area contributed by atoms with E-state index in [1.54, 1.807) is 0 Å². The maximum absolute atomic E-state index is 12.2. The van der Waals surface area contributed by atoms with Crippen molar-refractivity contribution >= 4 is 5.91 Å². The lowest BCUT2D eigenvalue weighted by Crippen LogP contribution is -2.46. The summed E-state index contributed by atoms with van der Waals surface area (Å²) in [6, 6.07) is 20.3. The zero-order chi connectivity index (χ0) is 15.9. The van der Waals surface area contributed by atoms with Gasteiger partial charge in [-0.2, -0.15) is 0 Å². The molecule has 116 valence electrons. The molecule has 0 aliphatic carbocycles. The molecule has 2 aromatic rings. The second kappa shape index (κ2) is 7.76. The molecule has 0 aliphatic heterocycles. The van der Waals surface area contributed by atoms with E-state index < -0.39 is 0 Å². The van der Waals surface area contributed by atoms with Gasteiger partial charge in [0.15, 0.2) is 0 Å². The molecule has 0 saturated heterocycles. The second-order valence-electron chi connectivity index (χ2n) is 5.81. The standard InChI is InChI=1S/C19H24N2O/c1-14(2)20-19(22)15(3)21-18(16-10-6-4-7-11-16)17-12-8-5-9-13-17/h4-15,18,21H,1-3H3,(H,20,22)/t15-/m1/s1. The first-order chi connectivity index (χ1) is 10.6. The average Bonchev–Trinajstić information content (AvgIpc) is 2.53. The van der Waals surface area contributed by atoms with E-state index in [0.29, 0.717) is 0 Å². The molecule has 3 heteroatoms. The van der Waals surface area contributed by atoms with Gasteiger partial charge in [0.1, 0.15) is 0 Å². The van der Waals surface area contributed by atoms with Crippen LogP contribution in [0.15, 0.2) is 60.7 Å². The van der Waals surface area contributed by atoms with Crippen LogP contribution in [0.25, 0.3) is 0 Å². The summed E-state index contributed by atoms with van der Waals surface area (Å²) in [7, 11) is 0. The summed E-state index contributed by atoms with van der Waals surface area (Å²) in [5.41, 5.74) is 2.30. The van der Waals surface area contributed by atoms with Crippen molar-refractivity contribution in [1.82, 2.24) is 10.6 Å². The third kappa shape index (κ3) is 4.43. The Morgan fingerprint density at radius 2 is 1.27 bits per heavy atom. The van der Waals surface area contributed by atoms with Gasteiger partial charge < -0.3 is 5.32 Å². The van der Waals surface area contributed by atoms with Crippen molar-refractivity contribution in [1.29, 1.82) is 0 Å². The van der Waals surface area contributed by atoms with Crippen molar-refractivity contribution in [2.75, 3.05) is 0 Å². The first-order valence-corrected chi connectivity index (χ1v) is 7.74. The molecular weight excluding hydrogens is 272 g/mol. The summed E-state index contributed by atoms with van der Waals surface area (Å²) in [5.74, 6) is 0.0202. The van der Waals surface area contributed by atoms with Crippen molar-refractivity contribution in [2.24, 2.45) is 0 Å². The van der Waals surface area contributed by atoms with E-state index in [1.807, 2.05) is 57.2 Å². The predicted octanol–water partition coefficient (Wildman–Crippen LogP) is 3.28. The van der Waals surface area contributed by atoms with Crippen LogP contribution >= 0.6 is 0 Å². The topological polar surface area (TPSA) is 41.1 Å². The zero-order valence-corrected chi connectivity index (χ0v) is 13.4. The van der Waals surface area contributed by atoms with Crippen LogP contribution < -0.4 is 10.6 Å². The Balaban J connectivity index is 2.21. The molecule has 1 amide bonds. The number of rotatable bonds is 6. The molecular formula is C19H24N2O. The normalized spacial score (nSPS) is 12.4. The SMILES string of the molecule is CC(C)NC(=O)[C@@H](C)NC(c1ccccc1)c1ccccc1. The fraction of sp³-hybridized carbons (Fsp3) is 0.316. The van der Waals surface area contributed by atoms with Gasteiger partial charge in [-0.3, -0.25) is 10.1 Å². The summed E-state index contributed by atoms with van der Waals surface area (Å²) in [4.78, 5) is 12.2. The Bertz CT molecular complexity index is 541. The first-order valence-electron chi connectivity index (χ1n) is 7.74. The molecule has 22 heavy (non-hydrogen) atoms. The van der Waals surface area contributed by atoms with E-state index in [4.69, 9.17) is 0 Å². The summed E-state index contributed by atoms with van der Waals surface area (Å²) >= 11 is 0. The lowest BCUT2D eigenvalue weighted by atomic mass is 9.98. The minimum Gasteiger partial charge on any atom is -0.353 e. The summed E-state index contributed by atoms with van der Waals surface area (Å²) in [6.07, 6.45) is 0. The van der Waals surface area contributed by atoms with Crippen LogP contribution in [-0.2, 0) is 4.79 Å². The Labute approximate surface area is 132 Å². The average molecular weight is 296 g/mol. The second-order valence-corrected chi connectivity index (χ2v) is 5.81. The number of carbonyl (C=O) groups excluding carboxylic acids is 1. The van der Waals surface area contributed by atoms with Gasteiger partial charge in [-0.05, 0) is 31.9 Å². The van der Waals surface area contributed by atoms with Gasteiger partial charge in [-0.1, -0.05) is 60.7 Å². The molecule has 0 aromatic heterocycles. The minimum atomic E-state index is -0.271. The Morgan fingerprint density at radius 1 is 0.818 bits per heavy atom. The highest BCUT2D eigenvalue weighted by Gasteiger charge is 2.20. The molecule has 0 spiro atoms. The van der Waals surface area contributed by atoms with E-state index in [-0.39, 0.29) is 24.0 Å². The molecule has 0 heterocycles. The minimum absolute atomic E-state index is 0.00434. The zero-order valence-electron chi connectivity index (χ0n) is 13.4. The van der Waals surface area contributed by atoms with E-state index >= 15 is 0 Å². The fourth-order valence-corrected chi connectivity index (χ4v) is 2.41. The van der Waals surface area contributed by atoms with Crippen molar-refractivity contribution in [2.45, 2.75) is 38.9 Å². The molecule has 2 rings (SSSR count). The number of nitrogens with one attached hydrogen (secondary N) is 2. The molecule has 2 N–H and O–H groups in total. The molecule has 2 aromatic carbocycles. The highest BCUT2D eigenvalue weighted by atomic mass is 16.2. The third-order valence-corrected chi connectivity index (χ3v) is 3.51. The number of hydrogen-bond donors (Lipinski definition) is 2. The molecule has 0 fully saturated rings. The van der Waals surface area contributed by atoms with Gasteiger partial charge >= 0.3 is 0 Å². The number of benzene rings is 2. The van der Waals surface area contributed by atoms with E-state index in [1.165, 1.54) is 0 Å². The van der Waals surface area contributed by atoms with Crippen LogP contribution in [0.1, 0.15) is 37.9 Å². The molecule has 0 unspecified atom stereocenters. The predicted molar refractivity (Wildman–Crippen MR) is 90.6 cm³/mol. The monoisotopic (exact) mass is 296 g/mol. The van der Waals surface area contributed by atoms with Crippen LogP contribution in [0.4, 0.5) is 0 Å². The molecule has 1 atom stereocenters. The van der Waals surface area contributed by atoms with Gasteiger partial charge in [-0.25, -0.2) is 0 Å². The molecule has 0 aliphatic rings. The van der Waals surface area contributed by atoms with Crippen LogP contribution in [-0.4, -0.2) is 18.0 Å². The maximum Gasteiger partial charge on any atom is 0.237 e. The van der Waals surface area contributed by atoms with Gasteiger partial charge in [0.2, 0.25) is 5.91 Å². The van der Waals surface area contributed by atoms with Crippen molar-refractivity contribution in [3.8, 4) is 0 Å². The highest BCUT2D eigenvalue weighted by molar-refractivity contribution is 5.81. The van der Waals surface area contributed by atoms with Gasteiger partial charge in [0, 0.05) is 6.04 Å². The lowest BCUT2D eigenvalue weighted by Gasteiger charge is -2.24. The molecule has 0 radical (unpaired) electrons. The smallest absolute Gasteiger partial charge is 0.237 e. The Hall–Kier alpha value is -2.13. The lowest BCUT2D eigenvalue weighted by molar-refractivity contribution is -0.123. The summed E-state index contributed by atoms with van der Waals surface area (Å²) in [5, 5.41) is 6.39. The van der Waals surface area contributed by atoms with Crippen molar-refractivity contribution < 1.29 is 4.79 Å². The summed E-state index contributed by atoms with van der Waals surface area (Å²) < 4.78 is 0. The van der Waals surface area contributed by atoms with Gasteiger partial charge in [-0.15, -0.1) is 0 Å². The summed E-state index contributed by atoms with van der Waals surface area (Å²) in [6.45, 7) is 5.84. The quantitative estimate of drug-likeness (QED) is 0.859. The number of amides is 1. The molecule has 0 saturated carbocycles. The highest BCUT2D eigenvalue weighted by Crippen LogP contribution is 2.22. The number of hydrogen-bond acceptors (Lipinski definition) is 2. The Morgan fingerprint density at radius 3 is 1.68 bits per heavy atom. The van der Waals surface area contributed by atoms with Crippen LogP contribution in [0.2, 0.25) is 0 Å². The van der Waals surface area contributed by atoms with E-state index in [0.717, 1.165) is 11.1 Å². The van der Waals surface area contributed by atoms with Crippen LogP contribution in [0, 0.1) is 0 Å². The van der Waals surface area contributed by atoms with Crippen LogP contribution in [0.3, 0.4) is 0 Å². The molecule has 3 nitrogen and oxygen atoms in total. The maximum atomic E-state index is 12.2.